The van der Waals surface area contributed by atoms with E-state index >= 15 is 0 Å². The summed E-state index contributed by atoms with van der Waals surface area (Å²) in [5.41, 5.74) is 0. The van der Waals surface area contributed by atoms with E-state index in [1.54, 1.807) is 0 Å². The predicted molar refractivity (Wildman–Crippen MR) is 17.2 cm³/mol. The Morgan fingerprint density at radius 2 is 0.714 bits per heavy atom. The molecule has 0 aromatic carbocycles. The van der Waals surface area contributed by atoms with Crippen molar-refractivity contribution in [3.63, 3.8) is 0 Å². The van der Waals surface area contributed by atoms with Crippen LogP contribution in [0.25, 0.3) is 0 Å². The fourth-order valence-electron chi connectivity index (χ4n) is 0. The van der Waals surface area contributed by atoms with E-state index in [1.165, 1.54) is 0 Å². The van der Waals surface area contributed by atoms with Crippen molar-refractivity contribution in [1.29, 1.82) is 10.5 Å². The fourth-order valence-corrected chi connectivity index (χ4v) is 0. The summed E-state index contributed by atoms with van der Waals surface area (Å²) in [4.78, 5) is 0. The second-order valence-electron chi connectivity index (χ2n) is 0. The first-order chi connectivity index (χ1) is 2.00. The Kier molecular flexibility index (Phi) is 4380. The van der Waals surface area contributed by atoms with Gasteiger partial charge in [-0.15, -0.1) is 0 Å². The Morgan fingerprint density at radius 3 is 0.714 bits per heavy atom. The molecule has 0 radical (unpaired) electrons. The molecule has 0 heterocycles. The molecule has 0 bridgehead atoms. The van der Waals surface area contributed by atoms with Crippen LogP contribution in [-0.4, -0.2) is 11.0 Å². The zero-order valence-corrected chi connectivity index (χ0v) is 4.58. The van der Waals surface area contributed by atoms with Crippen molar-refractivity contribution in [2.24, 2.45) is 0 Å². The van der Waals surface area contributed by atoms with E-state index in [9.17, 15) is 0 Å². The minimum atomic E-state index is 0. The van der Waals surface area contributed by atoms with Crippen molar-refractivity contribution in [3.8, 4) is 0 Å². The molecule has 5 heteroatoms. The van der Waals surface area contributed by atoms with Gasteiger partial charge in [0, 0.05) is 0 Å². The zero-order chi connectivity index (χ0) is 4.00. The average molecular weight is 140 g/mol. The van der Waals surface area contributed by atoms with Crippen LogP contribution in [0.15, 0.2) is 0 Å². The van der Waals surface area contributed by atoms with E-state index in [-0.39, 0.29) is 28.3 Å². The van der Waals surface area contributed by atoms with Gasteiger partial charge in [-0.05, 0) is 0 Å². The summed E-state index contributed by atoms with van der Waals surface area (Å²) in [5.74, 6) is 0. The number of nitrogens with zero attached hydrogens (tertiary/aromatic N) is 2. The van der Waals surface area contributed by atoms with Gasteiger partial charge in [0.05, 0.1) is 0 Å². The quantitative estimate of drug-likeness (QED) is 0.383. The Morgan fingerprint density at radius 1 is 0.714 bits per heavy atom. The molecule has 0 fully saturated rings. The first kappa shape index (κ1) is 92.5. The van der Waals surface area contributed by atoms with Gasteiger partial charge in [-0.2, -0.15) is 0 Å². The van der Waals surface area contributed by atoms with E-state index in [2.05, 4.69) is 0 Å². The van der Waals surface area contributed by atoms with Gasteiger partial charge in [-0.1, -0.05) is 0 Å². The van der Waals surface area contributed by atoms with Crippen LogP contribution in [0, 0.1) is 23.7 Å². The third kappa shape index (κ3) is 199. The van der Waals surface area contributed by atoms with Gasteiger partial charge in [0.1, 0.15) is 0 Å². The van der Waals surface area contributed by atoms with Gasteiger partial charge < -0.3 is 34.6 Å². The Labute approximate surface area is 52.7 Å². The van der Waals surface area contributed by atoms with E-state index in [4.69, 9.17) is 23.7 Å². The molecule has 0 aromatic rings. The molecule has 4 nitrogen and oxygen atoms in total. The van der Waals surface area contributed by atoms with Crippen molar-refractivity contribution in [2.75, 3.05) is 0 Å². The second kappa shape index (κ2) is 331. The summed E-state index contributed by atoms with van der Waals surface area (Å²) in [7, 11) is 0. The molecule has 0 rings (SSSR count). The smallest absolute Gasteiger partial charge is 0.512 e. The molecule has 0 spiro atoms. The SMILES string of the molecule is O.O.[C-]#N.[C-]#N.[Cr+2]. The van der Waals surface area contributed by atoms with Crippen LogP contribution in [0.3, 0.4) is 0 Å². The van der Waals surface area contributed by atoms with Crippen LogP contribution in [-0.2, 0) is 17.4 Å². The van der Waals surface area contributed by atoms with Gasteiger partial charge >= 0.3 is 17.4 Å². The van der Waals surface area contributed by atoms with Crippen LogP contribution in [0.1, 0.15) is 0 Å². The molecule has 0 amide bonds. The van der Waals surface area contributed by atoms with E-state index in [0.29, 0.717) is 0 Å². The minimum absolute atomic E-state index is 0. The monoisotopic (exact) mass is 140 g/mol. The third-order valence-electron chi connectivity index (χ3n) is 0. The maximum atomic E-state index is 6.25. The predicted octanol–water partition coefficient (Wildman–Crippen LogP) is -1.46. The first-order valence-corrected chi connectivity index (χ1v) is 0.447. The van der Waals surface area contributed by atoms with E-state index in [0.717, 1.165) is 0 Å². The zero-order valence-electron chi connectivity index (χ0n) is 3.30. The number of hydrogen-bond donors (Lipinski definition) is 0. The van der Waals surface area contributed by atoms with Crippen molar-refractivity contribution < 1.29 is 28.3 Å². The molecule has 0 aromatic heterocycles. The standard InChI is InChI=1S/2CN.Cr.2H2O/c2*1-2;;;/h;;;2*1H2/q2*-1;+2;;. The van der Waals surface area contributed by atoms with Crippen LogP contribution in [0.4, 0.5) is 0 Å². The van der Waals surface area contributed by atoms with Crippen LogP contribution in [0.5, 0.6) is 0 Å². The van der Waals surface area contributed by atoms with Gasteiger partial charge in [-0.3, -0.25) is 0 Å². The summed E-state index contributed by atoms with van der Waals surface area (Å²) in [5, 5.41) is 12.5. The largest absolute Gasteiger partial charge is 2.00 e. The minimum Gasteiger partial charge on any atom is -0.512 e. The van der Waals surface area contributed by atoms with Crippen LogP contribution in [0.2, 0.25) is 0 Å². The molecule has 40 valence electrons. The van der Waals surface area contributed by atoms with Gasteiger partial charge in [-0.25, -0.2) is 0 Å². The van der Waals surface area contributed by atoms with Gasteiger partial charge in [0.2, 0.25) is 0 Å². The Bertz CT molecular complexity index is 29.2. The van der Waals surface area contributed by atoms with Crippen molar-refractivity contribution >= 4 is 0 Å². The van der Waals surface area contributed by atoms with E-state index < -0.39 is 0 Å². The second-order valence-corrected chi connectivity index (χ2v) is 0. The first-order valence-electron chi connectivity index (χ1n) is 0.447. The van der Waals surface area contributed by atoms with Crippen molar-refractivity contribution in [1.82, 2.24) is 0 Å². The third-order valence-corrected chi connectivity index (χ3v) is 0. The summed E-state index contributed by atoms with van der Waals surface area (Å²) < 4.78 is 0. The van der Waals surface area contributed by atoms with Crippen LogP contribution >= 0.6 is 0 Å². The molecule has 4 N–H and O–H groups in total. The van der Waals surface area contributed by atoms with Gasteiger partial charge in [0.15, 0.2) is 0 Å². The maximum absolute atomic E-state index is 6.25. The molecule has 0 saturated carbocycles. The van der Waals surface area contributed by atoms with Crippen molar-refractivity contribution in [2.45, 2.75) is 0 Å². The summed E-state index contributed by atoms with van der Waals surface area (Å²) >= 11 is 0. The maximum Gasteiger partial charge on any atom is 2.00 e. The molecule has 0 atom stereocenters. The molecular weight excluding hydrogens is 136 g/mol. The molecule has 0 saturated heterocycles. The normalized spacial score (nSPS) is 0.571. The fraction of sp³-hybridized carbons (Fsp3) is 0. The summed E-state index contributed by atoms with van der Waals surface area (Å²) in [6.07, 6.45) is 0. The summed E-state index contributed by atoms with van der Waals surface area (Å²) in [6.45, 7) is 9.50. The number of rotatable bonds is 0. The van der Waals surface area contributed by atoms with Gasteiger partial charge in [0.25, 0.3) is 0 Å². The molecule has 7 heavy (non-hydrogen) atoms. The number of hydrogen-bond acceptors (Lipinski definition) is 2. The molecular formula is C2H4CrN2O2. The average Bonchev–Trinajstić information content (AvgIpc) is 1.50. The molecule has 0 aliphatic rings. The summed E-state index contributed by atoms with van der Waals surface area (Å²) in [6, 6.07) is 0. The Balaban J connectivity index is -0.00000000267. The molecule has 0 aliphatic carbocycles. The molecule has 0 aliphatic heterocycles. The van der Waals surface area contributed by atoms with E-state index in [1.807, 2.05) is 0 Å². The van der Waals surface area contributed by atoms with Crippen molar-refractivity contribution in [3.05, 3.63) is 13.1 Å². The topological polar surface area (TPSA) is 111 Å². The molecule has 0 unspecified atom stereocenters. The van der Waals surface area contributed by atoms with Crippen LogP contribution < -0.4 is 0 Å². The Hall–Kier alpha value is -0.568.